The Morgan fingerprint density at radius 3 is 2.62 bits per heavy atom. The summed E-state index contributed by atoms with van der Waals surface area (Å²) < 4.78 is 0. The van der Waals surface area contributed by atoms with Crippen molar-refractivity contribution in [2.75, 3.05) is 11.9 Å². The van der Waals surface area contributed by atoms with Crippen LogP contribution < -0.4 is 10.6 Å². The van der Waals surface area contributed by atoms with Crippen molar-refractivity contribution in [3.05, 3.63) is 12.3 Å². The fraction of sp³-hybridized carbons (Fsp3) is 0.500. The van der Waals surface area contributed by atoms with Gasteiger partial charge in [0.05, 0.1) is 12.7 Å². The van der Waals surface area contributed by atoms with Crippen molar-refractivity contribution in [3.63, 3.8) is 0 Å². The van der Waals surface area contributed by atoms with Crippen LogP contribution in [-0.2, 0) is 9.59 Å². The quantitative estimate of drug-likeness (QED) is 0.699. The van der Waals surface area contributed by atoms with E-state index in [1.165, 1.54) is 6.20 Å². The monoisotopic (exact) mass is 224 g/mol. The summed E-state index contributed by atoms with van der Waals surface area (Å²) in [6.45, 7) is 5.31. The molecule has 1 aromatic heterocycles. The fourth-order valence-corrected chi connectivity index (χ4v) is 0.946. The minimum atomic E-state index is -0.492. The van der Waals surface area contributed by atoms with E-state index < -0.39 is 5.41 Å². The number of rotatable bonds is 3. The summed E-state index contributed by atoms with van der Waals surface area (Å²) in [5, 5.41) is 11.4. The number of amides is 2. The fourth-order valence-electron chi connectivity index (χ4n) is 0.946. The van der Waals surface area contributed by atoms with Gasteiger partial charge in [0.2, 0.25) is 11.8 Å². The van der Waals surface area contributed by atoms with Crippen molar-refractivity contribution in [2.45, 2.75) is 20.8 Å². The first-order valence-electron chi connectivity index (χ1n) is 4.97. The third kappa shape index (κ3) is 3.72. The zero-order valence-corrected chi connectivity index (χ0v) is 9.63. The van der Waals surface area contributed by atoms with Gasteiger partial charge in [-0.1, -0.05) is 20.8 Å². The highest BCUT2D eigenvalue weighted by Crippen LogP contribution is 2.11. The predicted molar refractivity (Wildman–Crippen MR) is 59.7 cm³/mol. The first-order chi connectivity index (χ1) is 7.39. The summed E-state index contributed by atoms with van der Waals surface area (Å²) in [5.41, 5.74) is -0.492. The number of aromatic amines is 1. The molecule has 16 heavy (non-hydrogen) atoms. The lowest BCUT2D eigenvalue weighted by Gasteiger charge is -2.17. The number of nitrogens with zero attached hydrogens (tertiary/aromatic N) is 1. The smallest absolute Gasteiger partial charge is 0.244 e. The Hall–Kier alpha value is -1.85. The van der Waals surface area contributed by atoms with Gasteiger partial charge in [0.1, 0.15) is 5.82 Å². The number of nitrogens with one attached hydrogen (secondary N) is 3. The molecular formula is C10H16N4O2. The predicted octanol–water partition coefficient (Wildman–Crippen LogP) is 0.510. The molecular weight excluding hydrogens is 208 g/mol. The van der Waals surface area contributed by atoms with Crippen LogP contribution in [0.5, 0.6) is 0 Å². The van der Waals surface area contributed by atoms with E-state index >= 15 is 0 Å². The Bertz CT molecular complexity index is 365. The Kier molecular flexibility index (Phi) is 3.65. The van der Waals surface area contributed by atoms with Crippen LogP contribution in [0.2, 0.25) is 0 Å². The number of hydrogen-bond acceptors (Lipinski definition) is 3. The summed E-state index contributed by atoms with van der Waals surface area (Å²) in [6.07, 6.45) is 1.53. The zero-order valence-electron chi connectivity index (χ0n) is 9.63. The highest BCUT2D eigenvalue weighted by Gasteiger charge is 2.21. The molecule has 6 nitrogen and oxygen atoms in total. The topological polar surface area (TPSA) is 86.9 Å². The Labute approximate surface area is 93.8 Å². The third-order valence-corrected chi connectivity index (χ3v) is 1.87. The number of carbonyl (C=O) groups excluding carboxylic acids is 2. The van der Waals surface area contributed by atoms with E-state index in [1.54, 1.807) is 26.8 Å². The van der Waals surface area contributed by atoms with Crippen LogP contribution in [0.1, 0.15) is 20.8 Å². The van der Waals surface area contributed by atoms with Crippen LogP contribution in [-0.4, -0.2) is 28.6 Å². The molecule has 3 N–H and O–H groups in total. The Morgan fingerprint density at radius 2 is 2.12 bits per heavy atom. The van der Waals surface area contributed by atoms with Gasteiger partial charge in [-0.15, -0.1) is 0 Å². The molecule has 0 aliphatic heterocycles. The lowest BCUT2D eigenvalue weighted by atomic mass is 9.96. The van der Waals surface area contributed by atoms with Crippen molar-refractivity contribution in [1.82, 2.24) is 15.5 Å². The molecule has 0 aromatic carbocycles. The second kappa shape index (κ2) is 4.78. The second-order valence-corrected chi connectivity index (χ2v) is 4.45. The maximum atomic E-state index is 11.5. The minimum absolute atomic E-state index is 0.0465. The van der Waals surface area contributed by atoms with Gasteiger partial charge < -0.3 is 10.6 Å². The SMILES string of the molecule is CC(C)(C)C(=O)NCC(=O)Nc1ccn[nH]1. The number of carbonyl (C=O) groups is 2. The van der Waals surface area contributed by atoms with Gasteiger partial charge in [0.15, 0.2) is 0 Å². The molecule has 0 atom stereocenters. The van der Waals surface area contributed by atoms with Crippen LogP contribution in [0.15, 0.2) is 12.3 Å². The number of aromatic nitrogens is 2. The molecule has 0 unspecified atom stereocenters. The van der Waals surface area contributed by atoms with Crippen molar-refractivity contribution in [1.29, 1.82) is 0 Å². The molecule has 1 rings (SSSR count). The van der Waals surface area contributed by atoms with E-state index in [0.717, 1.165) is 0 Å². The van der Waals surface area contributed by atoms with Gasteiger partial charge in [-0.3, -0.25) is 14.7 Å². The largest absolute Gasteiger partial charge is 0.347 e. The molecule has 0 radical (unpaired) electrons. The molecule has 1 heterocycles. The van der Waals surface area contributed by atoms with E-state index in [1.807, 2.05) is 0 Å². The molecule has 2 amide bonds. The number of anilines is 1. The van der Waals surface area contributed by atoms with E-state index in [2.05, 4.69) is 20.8 Å². The molecule has 0 fully saturated rings. The van der Waals surface area contributed by atoms with Crippen LogP contribution in [0, 0.1) is 5.41 Å². The van der Waals surface area contributed by atoms with E-state index in [-0.39, 0.29) is 18.4 Å². The normalized spacial score (nSPS) is 10.9. The molecule has 0 bridgehead atoms. The second-order valence-electron chi connectivity index (χ2n) is 4.45. The van der Waals surface area contributed by atoms with Crippen LogP contribution >= 0.6 is 0 Å². The van der Waals surface area contributed by atoms with Gasteiger partial charge in [0.25, 0.3) is 0 Å². The number of hydrogen-bond donors (Lipinski definition) is 3. The van der Waals surface area contributed by atoms with Gasteiger partial charge in [-0.05, 0) is 0 Å². The molecule has 0 aliphatic carbocycles. The van der Waals surface area contributed by atoms with Crippen molar-refractivity contribution >= 4 is 17.6 Å². The maximum absolute atomic E-state index is 11.5. The average molecular weight is 224 g/mol. The van der Waals surface area contributed by atoms with E-state index in [4.69, 9.17) is 0 Å². The molecule has 0 saturated carbocycles. The highest BCUT2D eigenvalue weighted by molar-refractivity contribution is 5.94. The van der Waals surface area contributed by atoms with Gasteiger partial charge in [-0.25, -0.2) is 0 Å². The molecule has 0 spiro atoms. The lowest BCUT2D eigenvalue weighted by molar-refractivity contribution is -0.130. The molecule has 6 heteroatoms. The summed E-state index contributed by atoms with van der Waals surface area (Å²) in [5.74, 6) is 0.0594. The summed E-state index contributed by atoms with van der Waals surface area (Å²) >= 11 is 0. The van der Waals surface area contributed by atoms with E-state index in [9.17, 15) is 9.59 Å². The van der Waals surface area contributed by atoms with Crippen LogP contribution in [0.3, 0.4) is 0 Å². The lowest BCUT2D eigenvalue weighted by Crippen LogP contribution is -2.39. The van der Waals surface area contributed by atoms with Gasteiger partial charge in [-0.2, -0.15) is 5.10 Å². The van der Waals surface area contributed by atoms with E-state index in [0.29, 0.717) is 5.82 Å². The molecule has 1 aromatic rings. The average Bonchev–Trinajstić information content (AvgIpc) is 2.65. The highest BCUT2D eigenvalue weighted by atomic mass is 16.2. The molecule has 0 saturated heterocycles. The van der Waals surface area contributed by atoms with Crippen LogP contribution in [0.4, 0.5) is 5.82 Å². The summed E-state index contributed by atoms with van der Waals surface area (Å²) in [7, 11) is 0. The minimum Gasteiger partial charge on any atom is -0.347 e. The van der Waals surface area contributed by atoms with Gasteiger partial charge in [0, 0.05) is 11.5 Å². The first-order valence-corrected chi connectivity index (χ1v) is 4.97. The maximum Gasteiger partial charge on any atom is 0.244 e. The van der Waals surface area contributed by atoms with Crippen LogP contribution in [0.25, 0.3) is 0 Å². The standard InChI is InChI=1S/C10H16N4O2/c1-10(2,3)9(16)11-6-8(15)13-7-4-5-12-14-7/h4-5H,6H2,1-3H3,(H,11,16)(H2,12,13,14,15). The Morgan fingerprint density at radius 1 is 1.44 bits per heavy atom. The van der Waals surface area contributed by atoms with Gasteiger partial charge >= 0.3 is 0 Å². The van der Waals surface area contributed by atoms with Crippen molar-refractivity contribution < 1.29 is 9.59 Å². The third-order valence-electron chi connectivity index (χ3n) is 1.87. The molecule has 0 aliphatic rings. The number of H-pyrrole nitrogens is 1. The van der Waals surface area contributed by atoms with Crippen molar-refractivity contribution in [2.24, 2.45) is 5.41 Å². The Balaban J connectivity index is 2.34. The zero-order chi connectivity index (χ0) is 12.2. The summed E-state index contributed by atoms with van der Waals surface area (Å²) in [4.78, 5) is 22.8. The summed E-state index contributed by atoms with van der Waals surface area (Å²) in [6, 6.07) is 1.63. The van der Waals surface area contributed by atoms with Crippen molar-refractivity contribution in [3.8, 4) is 0 Å². The molecule has 88 valence electrons. The first kappa shape index (κ1) is 12.2.